The number of aliphatic hydroxyl groups is 1. The minimum atomic E-state index is -3.54. The number of aliphatic carboxylic acids is 1. The van der Waals surface area contributed by atoms with Crippen LogP contribution in [0.15, 0.2) is 12.2 Å². The zero-order valence-electron chi connectivity index (χ0n) is 23.2. The van der Waals surface area contributed by atoms with Crippen molar-refractivity contribution in [2.75, 3.05) is 0 Å². The van der Waals surface area contributed by atoms with Crippen molar-refractivity contribution in [2.45, 2.75) is 83.4 Å². The van der Waals surface area contributed by atoms with Crippen LogP contribution in [0.4, 0.5) is 0 Å². The molecule has 0 heterocycles. The topological polar surface area (TPSA) is 91.7 Å². The normalized spacial score (nSPS) is 31.0. The lowest BCUT2D eigenvalue weighted by molar-refractivity contribution is -0.137. The van der Waals surface area contributed by atoms with E-state index in [0.29, 0.717) is 19.3 Å². The van der Waals surface area contributed by atoms with Crippen molar-refractivity contribution in [3.63, 3.8) is 0 Å². The standard InChI is InChI=1S/C20H32O5/c1-2-3-6-9-15(21)12-13-17-16(18(22)14-19(17)23)10-7-4-5-8-11-20(24)25/h4,7,16-17,19,23H,2-3,5-6,8-14H2,1H3,(H,24,25)/b7-4-/t16-,17-,19-/m1/s1/i1D3,2D2,3D2,6D2. The van der Waals surface area contributed by atoms with Crippen LogP contribution in [0, 0.1) is 11.8 Å². The molecule has 0 aromatic carbocycles. The summed E-state index contributed by atoms with van der Waals surface area (Å²) in [6.45, 7) is -3.45. The van der Waals surface area contributed by atoms with Gasteiger partial charge in [-0.05, 0) is 38.0 Å². The summed E-state index contributed by atoms with van der Waals surface area (Å²) in [5.74, 6) is -3.00. The zero-order valence-corrected chi connectivity index (χ0v) is 14.2. The van der Waals surface area contributed by atoms with Crippen molar-refractivity contribution < 1.29 is 36.9 Å². The molecule has 1 aliphatic carbocycles. The molecule has 0 spiro atoms. The van der Waals surface area contributed by atoms with Gasteiger partial charge in [-0.15, -0.1) is 0 Å². The molecule has 1 aliphatic rings. The first-order chi connectivity index (χ1) is 15.3. The molecule has 0 saturated heterocycles. The van der Waals surface area contributed by atoms with E-state index in [-0.39, 0.29) is 31.5 Å². The maximum absolute atomic E-state index is 12.4. The van der Waals surface area contributed by atoms with E-state index >= 15 is 0 Å². The largest absolute Gasteiger partial charge is 0.481 e. The Labute approximate surface area is 163 Å². The van der Waals surface area contributed by atoms with E-state index in [9.17, 15) is 19.5 Å². The summed E-state index contributed by atoms with van der Waals surface area (Å²) >= 11 is 0. The number of aliphatic hydroxyl groups excluding tert-OH is 1. The number of unbranched alkanes of at least 4 members (excludes halogenated alkanes) is 1. The fourth-order valence-corrected chi connectivity index (χ4v) is 3.05. The van der Waals surface area contributed by atoms with Crippen LogP contribution in [0.25, 0.3) is 0 Å². The Bertz CT molecular complexity index is 777. The molecule has 0 radical (unpaired) electrons. The van der Waals surface area contributed by atoms with E-state index in [4.69, 9.17) is 17.4 Å². The fourth-order valence-electron chi connectivity index (χ4n) is 3.05. The maximum atomic E-state index is 12.4. The van der Waals surface area contributed by atoms with E-state index < -0.39 is 62.1 Å². The van der Waals surface area contributed by atoms with Crippen LogP contribution in [0.2, 0.25) is 0 Å². The monoisotopic (exact) mass is 361 g/mol. The van der Waals surface area contributed by atoms with Crippen molar-refractivity contribution in [2.24, 2.45) is 11.8 Å². The smallest absolute Gasteiger partial charge is 0.303 e. The van der Waals surface area contributed by atoms with Gasteiger partial charge in [-0.2, -0.15) is 0 Å². The van der Waals surface area contributed by atoms with Crippen molar-refractivity contribution in [3.05, 3.63) is 12.2 Å². The number of allylic oxidation sites excluding steroid dienone is 2. The first-order valence-electron chi connectivity index (χ1n) is 12.9. The number of carboxylic acids is 1. The SMILES string of the molecule is [2H]C([2H])([2H])C([2H])([2H])C([2H])([2H])C([2H])([2H])CC(=O)CC[C@H]1[C@H](O)CC(=O)[C@@H]1C/C=C\CCCC(=O)O. The highest BCUT2D eigenvalue weighted by molar-refractivity contribution is 5.84. The minimum absolute atomic E-state index is 0.0233. The maximum Gasteiger partial charge on any atom is 0.303 e. The second kappa shape index (κ2) is 12.0. The Kier molecular flexibility index (Phi) is 5.39. The Balaban J connectivity index is 2.75. The van der Waals surface area contributed by atoms with Gasteiger partial charge in [-0.1, -0.05) is 31.7 Å². The summed E-state index contributed by atoms with van der Waals surface area (Å²) in [6.07, 6.45) is -7.77. The molecule has 0 aromatic heterocycles. The van der Waals surface area contributed by atoms with Crippen LogP contribution >= 0.6 is 0 Å². The molecule has 0 aliphatic heterocycles. The number of hydrogen-bond acceptors (Lipinski definition) is 4. The Hall–Kier alpha value is -1.49. The van der Waals surface area contributed by atoms with E-state index in [0.717, 1.165) is 0 Å². The molecule has 25 heavy (non-hydrogen) atoms. The van der Waals surface area contributed by atoms with Gasteiger partial charge in [-0.25, -0.2) is 0 Å². The van der Waals surface area contributed by atoms with E-state index in [2.05, 4.69) is 0 Å². The zero-order chi connectivity index (χ0) is 26.5. The molecule has 1 fully saturated rings. The average molecular weight is 362 g/mol. The molecular formula is C20H32O5. The second-order valence-corrected chi connectivity index (χ2v) is 6.18. The van der Waals surface area contributed by atoms with E-state index in [1.807, 2.05) is 0 Å². The molecule has 142 valence electrons. The van der Waals surface area contributed by atoms with Crippen LogP contribution in [0.5, 0.6) is 0 Å². The lowest BCUT2D eigenvalue weighted by atomic mass is 9.86. The molecular weight excluding hydrogens is 320 g/mol. The van der Waals surface area contributed by atoms with Crippen molar-refractivity contribution in [1.82, 2.24) is 0 Å². The molecule has 1 saturated carbocycles. The number of rotatable bonds is 13. The molecule has 0 aromatic rings. The van der Waals surface area contributed by atoms with Crippen LogP contribution in [-0.4, -0.2) is 33.9 Å². The number of Topliss-reactive ketones (excluding diaryl/α,β-unsaturated/α-hetero) is 2. The van der Waals surface area contributed by atoms with Gasteiger partial charge in [0, 0.05) is 43.9 Å². The van der Waals surface area contributed by atoms with Gasteiger partial charge in [0.25, 0.3) is 0 Å². The molecule has 1 rings (SSSR count). The van der Waals surface area contributed by atoms with Gasteiger partial charge >= 0.3 is 5.97 Å². The van der Waals surface area contributed by atoms with Crippen molar-refractivity contribution in [3.8, 4) is 0 Å². The Morgan fingerprint density at radius 2 is 2.08 bits per heavy atom. The van der Waals surface area contributed by atoms with Crippen LogP contribution in [0.3, 0.4) is 0 Å². The third-order valence-corrected chi connectivity index (χ3v) is 4.35. The van der Waals surface area contributed by atoms with Crippen LogP contribution < -0.4 is 0 Å². The van der Waals surface area contributed by atoms with Gasteiger partial charge < -0.3 is 10.2 Å². The van der Waals surface area contributed by atoms with Gasteiger partial charge in [0.1, 0.15) is 11.6 Å². The first-order valence-corrected chi connectivity index (χ1v) is 8.44. The molecule has 3 atom stereocenters. The first kappa shape index (κ1) is 11.3. The molecule has 2 N–H and O–H groups in total. The lowest BCUT2D eigenvalue weighted by Crippen LogP contribution is -2.21. The average Bonchev–Trinajstić information content (AvgIpc) is 2.93. The second-order valence-electron chi connectivity index (χ2n) is 6.18. The summed E-state index contributed by atoms with van der Waals surface area (Å²) in [5, 5.41) is 18.9. The summed E-state index contributed by atoms with van der Waals surface area (Å²) in [7, 11) is 0. The quantitative estimate of drug-likeness (QED) is 0.386. The lowest BCUT2D eigenvalue weighted by Gasteiger charge is -2.19. The molecule has 0 bridgehead atoms. The summed E-state index contributed by atoms with van der Waals surface area (Å²) < 4.78 is 68.2. The summed E-state index contributed by atoms with van der Waals surface area (Å²) in [5.41, 5.74) is 0. The number of carbonyl (C=O) groups excluding carboxylic acids is 2. The van der Waals surface area contributed by atoms with Gasteiger partial charge in [-0.3, -0.25) is 14.4 Å². The van der Waals surface area contributed by atoms with Crippen molar-refractivity contribution >= 4 is 17.5 Å². The molecule has 5 nitrogen and oxygen atoms in total. The number of hydrogen-bond donors (Lipinski definition) is 2. The molecule has 0 unspecified atom stereocenters. The third kappa shape index (κ3) is 8.43. The van der Waals surface area contributed by atoms with E-state index in [1.54, 1.807) is 12.2 Å². The summed E-state index contributed by atoms with van der Waals surface area (Å²) in [6, 6.07) is 0. The van der Waals surface area contributed by atoms with E-state index in [1.165, 1.54) is 0 Å². The predicted octanol–water partition coefficient (Wildman–Crippen LogP) is 3.68. The number of carboxylic acid groups (broad SMARTS) is 1. The highest BCUT2D eigenvalue weighted by atomic mass is 16.4. The van der Waals surface area contributed by atoms with Gasteiger partial charge in [0.2, 0.25) is 0 Å². The van der Waals surface area contributed by atoms with Crippen LogP contribution in [0.1, 0.15) is 89.7 Å². The number of carbonyl (C=O) groups is 3. The van der Waals surface area contributed by atoms with Gasteiger partial charge in [0.05, 0.1) is 6.10 Å². The number of ketones is 2. The van der Waals surface area contributed by atoms with Crippen molar-refractivity contribution in [1.29, 1.82) is 0 Å². The summed E-state index contributed by atoms with van der Waals surface area (Å²) in [4.78, 5) is 35.2. The van der Waals surface area contributed by atoms with Crippen LogP contribution in [-0.2, 0) is 14.4 Å². The minimum Gasteiger partial charge on any atom is -0.481 e. The Morgan fingerprint density at radius 1 is 1.28 bits per heavy atom. The van der Waals surface area contributed by atoms with Gasteiger partial charge in [0.15, 0.2) is 0 Å². The highest BCUT2D eigenvalue weighted by Gasteiger charge is 2.40. The predicted molar refractivity (Wildman–Crippen MR) is 96.2 cm³/mol. The molecule has 0 amide bonds. The third-order valence-electron chi connectivity index (χ3n) is 4.35. The fraction of sp³-hybridized carbons (Fsp3) is 0.750. The molecule has 5 heteroatoms. The Morgan fingerprint density at radius 3 is 2.80 bits per heavy atom. The highest BCUT2D eigenvalue weighted by Crippen LogP contribution is 2.35.